The van der Waals surface area contributed by atoms with Crippen molar-refractivity contribution in [2.24, 2.45) is 5.92 Å². The largest absolute Gasteiger partial charge is 0.443 e. The lowest BCUT2D eigenvalue weighted by Crippen LogP contribution is -2.36. The Balaban J connectivity index is 1.79. The molecule has 2 heterocycles. The van der Waals surface area contributed by atoms with E-state index in [1.807, 2.05) is 0 Å². The topological polar surface area (TPSA) is 71.8 Å². The first-order valence-corrected chi connectivity index (χ1v) is 7.84. The van der Waals surface area contributed by atoms with Gasteiger partial charge in [-0.15, -0.1) is 0 Å². The van der Waals surface area contributed by atoms with Gasteiger partial charge in [0.2, 0.25) is 0 Å². The molecule has 1 saturated carbocycles. The van der Waals surface area contributed by atoms with Gasteiger partial charge in [0.1, 0.15) is 11.3 Å². The number of alkyl halides is 3. The van der Waals surface area contributed by atoms with Crippen molar-refractivity contribution in [3.05, 3.63) is 46.5 Å². The summed E-state index contributed by atoms with van der Waals surface area (Å²) in [7, 11) is 0. The molecule has 5 nitrogen and oxygen atoms in total. The van der Waals surface area contributed by atoms with Crippen LogP contribution < -0.4 is 5.56 Å². The molecule has 0 saturated heterocycles. The molecule has 1 aliphatic rings. The molecule has 25 heavy (non-hydrogen) atoms. The predicted molar refractivity (Wildman–Crippen MR) is 84.1 cm³/mol. The molecular weight excluding hydrogens is 335 g/mol. The molecule has 0 atom stereocenters. The second kappa shape index (κ2) is 5.44. The number of aryl methyl sites for hydroxylation is 1. The second-order valence-electron chi connectivity index (χ2n) is 6.35. The summed E-state index contributed by atoms with van der Waals surface area (Å²) in [6.07, 6.45) is -2.99. The lowest BCUT2D eigenvalue weighted by molar-refractivity contribution is -0.197. The van der Waals surface area contributed by atoms with Crippen molar-refractivity contribution in [2.75, 3.05) is 0 Å². The zero-order valence-electron chi connectivity index (χ0n) is 13.2. The van der Waals surface area contributed by atoms with E-state index in [0.717, 1.165) is 0 Å². The number of hydrogen-bond acceptors (Lipinski definition) is 4. The van der Waals surface area contributed by atoms with Crippen LogP contribution in [-0.2, 0) is 0 Å². The van der Waals surface area contributed by atoms with Crippen LogP contribution >= 0.6 is 0 Å². The minimum atomic E-state index is -4.20. The summed E-state index contributed by atoms with van der Waals surface area (Å²) < 4.78 is 43.6. The third-order valence-electron chi connectivity index (χ3n) is 4.67. The van der Waals surface area contributed by atoms with Crippen molar-refractivity contribution in [3.63, 3.8) is 0 Å². The van der Waals surface area contributed by atoms with E-state index in [2.05, 4.69) is 15.0 Å². The quantitative estimate of drug-likeness (QED) is 0.761. The standard InChI is InChI=1S/C17H14F3N3O2/c1-8-22-15(10-4-11(5-10)17(18,19)20)14(16(24)23-8)9-2-3-13-12(6-9)21-7-25-13/h2-3,6-7,10-11H,4-5H2,1H3,(H,22,23,24). The number of nitrogens with one attached hydrogen (secondary N) is 1. The van der Waals surface area contributed by atoms with E-state index in [9.17, 15) is 18.0 Å². The summed E-state index contributed by atoms with van der Waals surface area (Å²) >= 11 is 0. The normalized spacial score (nSPS) is 20.6. The van der Waals surface area contributed by atoms with Gasteiger partial charge in [-0.1, -0.05) is 6.07 Å². The number of aromatic amines is 1. The van der Waals surface area contributed by atoms with Crippen LogP contribution in [0.4, 0.5) is 13.2 Å². The SMILES string of the molecule is Cc1nc(C2CC(C(F)(F)F)C2)c(-c2ccc3ocnc3c2)c(=O)[nH]1. The minimum absolute atomic E-state index is 0.0431. The summed E-state index contributed by atoms with van der Waals surface area (Å²) in [4.78, 5) is 23.5. The van der Waals surface area contributed by atoms with Gasteiger partial charge in [0.05, 0.1) is 17.2 Å². The van der Waals surface area contributed by atoms with Crippen LogP contribution in [0.1, 0.15) is 30.3 Å². The van der Waals surface area contributed by atoms with Crippen LogP contribution in [0.3, 0.4) is 0 Å². The fraction of sp³-hybridized carbons (Fsp3) is 0.353. The molecule has 0 amide bonds. The molecule has 1 aromatic carbocycles. The van der Waals surface area contributed by atoms with Crippen molar-refractivity contribution in [2.45, 2.75) is 31.9 Å². The van der Waals surface area contributed by atoms with Gasteiger partial charge in [-0.3, -0.25) is 4.79 Å². The van der Waals surface area contributed by atoms with Crippen molar-refractivity contribution in [1.29, 1.82) is 0 Å². The van der Waals surface area contributed by atoms with Crippen LogP contribution in [0.2, 0.25) is 0 Å². The zero-order chi connectivity index (χ0) is 17.8. The molecule has 0 unspecified atom stereocenters. The Morgan fingerprint density at radius 1 is 1.28 bits per heavy atom. The summed E-state index contributed by atoms with van der Waals surface area (Å²) in [5.74, 6) is -1.32. The Morgan fingerprint density at radius 2 is 2.04 bits per heavy atom. The lowest BCUT2D eigenvalue weighted by Gasteiger charge is -2.36. The maximum Gasteiger partial charge on any atom is 0.391 e. The van der Waals surface area contributed by atoms with E-state index >= 15 is 0 Å². The Morgan fingerprint density at radius 3 is 2.76 bits per heavy atom. The van der Waals surface area contributed by atoms with Gasteiger partial charge in [-0.05, 0) is 37.5 Å². The van der Waals surface area contributed by atoms with Crippen molar-refractivity contribution >= 4 is 11.1 Å². The van der Waals surface area contributed by atoms with Crippen LogP contribution in [-0.4, -0.2) is 21.1 Å². The molecular formula is C17H14F3N3O2. The summed E-state index contributed by atoms with van der Waals surface area (Å²) in [5.41, 5.74) is 2.08. The summed E-state index contributed by atoms with van der Waals surface area (Å²) in [5, 5.41) is 0. The number of rotatable bonds is 2. The summed E-state index contributed by atoms with van der Waals surface area (Å²) in [6, 6.07) is 5.06. The van der Waals surface area contributed by atoms with Crippen LogP contribution in [0.5, 0.6) is 0 Å². The van der Waals surface area contributed by atoms with Gasteiger partial charge in [0.15, 0.2) is 12.0 Å². The van der Waals surface area contributed by atoms with Gasteiger partial charge >= 0.3 is 6.18 Å². The number of nitrogens with zero attached hydrogens (tertiary/aromatic N) is 2. The highest BCUT2D eigenvalue weighted by Gasteiger charge is 2.49. The van der Waals surface area contributed by atoms with E-state index in [0.29, 0.717) is 33.7 Å². The monoisotopic (exact) mass is 349 g/mol. The van der Waals surface area contributed by atoms with E-state index < -0.39 is 12.1 Å². The Labute approximate surface area is 139 Å². The van der Waals surface area contributed by atoms with E-state index in [1.54, 1.807) is 25.1 Å². The molecule has 1 fully saturated rings. The highest BCUT2D eigenvalue weighted by Crippen LogP contribution is 2.50. The van der Waals surface area contributed by atoms with Crippen LogP contribution in [0.25, 0.3) is 22.2 Å². The summed E-state index contributed by atoms with van der Waals surface area (Å²) in [6.45, 7) is 1.62. The van der Waals surface area contributed by atoms with Crippen LogP contribution in [0, 0.1) is 12.8 Å². The first kappa shape index (κ1) is 15.9. The average Bonchev–Trinajstić information content (AvgIpc) is 2.90. The fourth-order valence-corrected chi connectivity index (χ4v) is 3.30. The number of aromatic nitrogens is 3. The van der Waals surface area contributed by atoms with Crippen molar-refractivity contribution in [1.82, 2.24) is 15.0 Å². The smallest absolute Gasteiger partial charge is 0.391 e. The first-order valence-electron chi connectivity index (χ1n) is 7.84. The van der Waals surface area contributed by atoms with Crippen molar-refractivity contribution < 1.29 is 17.6 Å². The number of oxazole rings is 1. The van der Waals surface area contributed by atoms with E-state index in [-0.39, 0.29) is 24.3 Å². The fourth-order valence-electron chi connectivity index (χ4n) is 3.30. The van der Waals surface area contributed by atoms with Gasteiger partial charge in [0.25, 0.3) is 5.56 Å². The van der Waals surface area contributed by atoms with Gasteiger partial charge < -0.3 is 9.40 Å². The van der Waals surface area contributed by atoms with Crippen molar-refractivity contribution in [3.8, 4) is 11.1 Å². The van der Waals surface area contributed by atoms with E-state index in [1.165, 1.54) is 6.39 Å². The van der Waals surface area contributed by atoms with Crippen LogP contribution in [0.15, 0.2) is 33.8 Å². The average molecular weight is 349 g/mol. The third-order valence-corrected chi connectivity index (χ3v) is 4.67. The second-order valence-corrected chi connectivity index (χ2v) is 6.35. The number of fused-ring (bicyclic) bond motifs is 1. The molecule has 1 aliphatic carbocycles. The Kier molecular flexibility index (Phi) is 3.45. The molecule has 130 valence electrons. The maximum atomic E-state index is 12.8. The first-order chi connectivity index (χ1) is 11.8. The predicted octanol–water partition coefficient (Wildman–Crippen LogP) is 3.94. The molecule has 1 N–H and O–H groups in total. The van der Waals surface area contributed by atoms with Gasteiger partial charge in [-0.25, -0.2) is 9.97 Å². The maximum absolute atomic E-state index is 12.8. The van der Waals surface area contributed by atoms with Gasteiger partial charge in [-0.2, -0.15) is 13.2 Å². The van der Waals surface area contributed by atoms with Gasteiger partial charge in [0, 0.05) is 5.92 Å². The number of halogens is 3. The zero-order valence-corrected chi connectivity index (χ0v) is 13.2. The molecule has 0 radical (unpaired) electrons. The highest BCUT2D eigenvalue weighted by molar-refractivity contribution is 5.80. The number of hydrogen-bond donors (Lipinski definition) is 1. The molecule has 3 aromatic rings. The Hall–Kier alpha value is -2.64. The minimum Gasteiger partial charge on any atom is -0.443 e. The number of H-pyrrole nitrogens is 1. The number of benzene rings is 1. The highest BCUT2D eigenvalue weighted by atomic mass is 19.4. The van der Waals surface area contributed by atoms with E-state index in [4.69, 9.17) is 4.42 Å². The Bertz CT molecular complexity index is 1000. The lowest BCUT2D eigenvalue weighted by atomic mass is 9.71. The molecule has 0 aliphatic heterocycles. The molecule has 0 spiro atoms. The molecule has 0 bridgehead atoms. The molecule has 8 heteroatoms. The molecule has 4 rings (SSSR count). The molecule has 2 aromatic heterocycles. The third kappa shape index (κ3) is 2.71.